The van der Waals surface area contributed by atoms with Gasteiger partial charge in [0, 0.05) is 23.6 Å². The van der Waals surface area contributed by atoms with Crippen LogP contribution < -0.4 is 5.32 Å². The summed E-state index contributed by atoms with van der Waals surface area (Å²) < 4.78 is 1.98. The maximum atomic E-state index is 12.6. The van der Waals surface area contributed by atoms with Crippen molar-refractivity contribution in [3.05, 3.63) is 35.3 Å². The fourth-order valence-corrected chi connectivity index (χ4v) is 3.26. The van der Waals surface area contributed by atoms with Crippen LogP contribution in [0.2, 0.25) is 0 Å². The first-order valence-corrected chi connectivity index (χ1v) is 7.91. The highest BCUT2D eigenvalue weighted by Crippen LogP contribution is 2.19. The third-order valence-corrected chi connectivity index (χ3v) is 4.37. The second kappa shape index (κ2) is 5.88. The van der Waals surface area contributed by atoms with Crippen molar-refractivity contribution in [2.24, 2.45) is 0 Å². The third kappa shape index (κ3) is 2.94. The summed E-state index contributed by atoms with van der Waals surface area (Å²) in [6.45, 7) is 4.00. The lowest BCUT2D eigenvalue weighted by Crippen LogP contribution is -2.34. The molecule has 2 aromatic heterocycles. The first-order chi connectivity index (χ1) is 10.1. The van der Waals surface area contributed by atoms with Crippen molar-refractivity contribution in [3.8, 4) is 0 Å². The summed E-state index contributed by atoms with van der Waals surface area (Å²) >= 11 is 0. The first-order valence-electron chi connectivity index (χ1n) is 7.91. The van der Waals surface area contributed by atoms with Crippen LogP contribution in [0.15, 0.2) is 18.3 Å². The number of fused-ring (bicyclic) bond motifs is 1. The Labute approximate surface area is 125 Å². The topological polar surface area (TPSA) is 46.4 Å². The zero-order valence-corrected chi connectivity index (χ0v) is 12.9. The molecule has 1 amide bonds. The van der Waals surface area contributed by atoms with Gasteiger partial charge in [0.05, 0.1) is 5.56 Å². The van der Waals surface area contributed by atoms with E-state index in [2.05, 4.69) is 10.3 Å². The van der Waals surface area contributed by atoms with Crippen LogP contribution in [-0.4, -0.2) is 21.3 Å². The molecule has 3 rings (SSSR count). The number of carbonyl (C=O) groups is 1. The van der Waals surface area contributed by atoms with E-state index < -0.39 is 0 Å². The standard InChI is InChI=1S/C17H23N3O/c1-12-11-13(2)20-10-9-15(16(20)18-12)17(21)19-14-7-5-3-4-6-8-14/h9-11,14H,3-8H2,1-2H3,(H,19,21). The summed E-state index contributed by atoms with van der Waals surface area (Å²) in [6, 6.07) is 4.22. The molecule has 0 aromatic carbocycles. The number of rotatable bonds is 2. The minimum atomic E-state index is 0.0156. The molecule has 2 aromatic rings. The summed E-state index contributed by atoms with van der Waals surface area (Å²) in [5, 5.41) is 3.20. The van der Waals surface area contributed by atoms with E-state index in [4.69, 9.17) is 0 Å². The monoisotopic (exact) mass is 285 g/mol. The number of nitrogens with one attached hydrogen (secondary N) is 1. The van der Waals surface area contributed by atoms with Gasteiger partial charge < -0.3 is 9.72 Å². The molecule has 112 valence electrons. The van der Waals surface area contributed by atoms with Crippen LogP contribution in [0.3, 0.4) is 0 Å². The Morgan fingerprint density at radius 2 is 1.95 bits per heavy atom. The van der Waals surface area contributed by atoms with Gasteiger partial charge in [0.15, 0.2) is 0 Å². The maximum Gasteiger partial charge on any atom is 0.255 e. The van der Waals surface area contributed by atoms with E-state index in [1.807, 2.05) is 36.6 Å². The van der Waals surface area contributed by atoms with Gasteiger partial charge in [-0.2, -0.15) is 0 Å². The number of amides is 1. The third-order valence-electron chi connectivity index (χ3n) is 4.37. The molecule has 4 heteroatoms. The van der Waals surface area contributed by atoms with E-state index in [1.54, 1.807) is 0 Å². The molecule has 2 heterocycles. The Hall–Kier alpha value is -1.84. The largest absolute Gasteiger partial charge is 0.349 e. The molecule has 4 nitrogen and oxygen atoms in total. The van der Waals surface area contributed by atoms with E-state index >= 15 is 0 Å². The fraction of sp³-hybridized carbons (Fsp3) is 0.529. The van der Waals surface area contributed by atoms with Crippen LogP contribution in [0.4, 0.5) is 0 Å². The summed E-state index contributed by atoms with van der Waals surface area (Å²) in [7, 11) is 0. The molecule has 1 N–H and O–H groups in total. The number of hydrogen-bond donors (Lipinski definition) is 1. The Morgan fingerprint density at radius 3 is 2.67 bits per heavy atom. The summed E-state index contributed by atoms with van der Waals surface area (Å²) in [5.41, 5.74) is 3.50. The lowest BCUT2D eigenvalue weighted by Gasteiger charge is -2.15. The lowest BCUT2D eigenvalue weighted by atomic mass is 10.1. The quantitative estimate of drug-likeness (QED) is 0.860. The average Bonchev–Trinajstić information content (AvgIpc) is 2.69. The number of nitrogens with zero attached hydrogens (tertiary/aromatic N) is 2. The number of carbonyl (C=O) groups excluding carboxylic acids is 1. The van der Waals surface area contributed by atoms with Crippen molar-refractivity contribution < 1.29 is 4.79 Å². The SMILES string of the molecule is Cc1cc(C)n2ccc(C(=O)NC3CCCCCC3)c2n1. The van der Waals surface area contributed by atoms with Gasteiger partial charge in [0.25, 0.3) is 5.91 Å². The number of aryl methyl sites for hydroxylation is 2. The molecule has 0 bridgehead atoms. The van der Waals surface area contributed by atoms with Gasteiger partial charge >= 0.3 is 0 Å². The Morgan fingerprint density at radius 1 is 1.24 bits per heavy atom. The van der Waals surface area contributed by atoms with Crippen molar-refractivity contribution in [3.63, 3.8) is 0 Å². The lowest BCUT2D eigenvalue weighted by molar-refractivity contribution is 0.0935. The molecule has 0 spiro atoms. The molecular weight excluding hydrogens is 262 g/mol. The molecule has 1 saturated carbocycles. The highest BCUT2D eigenvalue weighted by molar-refractivity contribution is 6.00. The van der Waals surface area contributed by atoms with E-state index in [-0.39, 0.29) is 5.91 Å². The van der Waals surface area contributed by atoms with Crippen molar-refractivity contribution in [2.75, 3.05) is 0 Å². The van der Waals surface area contributed by atoms with Gasteiger partial charge in [-0.3, -0.25) is 4.79 Å². The van der Waals surface area contributed by atoms with Crippen molar-refractivity contribution in [2.45, 2.75) is 58.4 Å². The predicted octanol–water partition coefficient (Wildman–Crippen LogP) is 3.40. The van der Waals surface area contributed by atoms with E-state index in [1.165, 1.54) is 25.7 Å². The molecule has 1 aliphatic carbocycles. The van der Waals surface area contributed by atoms with Gasteiger partial charge in [0.1, 0.15) is 5.65 Å². The van der Waals surface area contributed by atoms with Crippen molar-refractivity contribution >= 4 is 11.6 Å². The first kappa shape index (κ1) is 14.1. The molecule has 0 saturated heterocycles. The molecule has 1 aliphatic rings. The van der Waals surface area contributed by atoms with Crippen LogP contribution in [0.1, 0.15) is 60.3 Å². The van der Waals surface area contributed by atoms with Crippen LogP contribution in [0, 0.1) is 13.8 Å². The van der Waals surface area contributed by atoms with E-state index in [9.17, 15) is 4.79 Å². The van der Waals surface area contributed by atoms with Gasteiger partial charge in [0.2, 0.25) is 0 Å². The molecule has 0 aliphatic heterocycles. The van der Waals surface area contributed by atoms with Gasteiger partial charge in [-0.15, -0.1) is 0 Å². The minimum Gasteiger partial charge on any atom is -0.349 e. The van der Waals surface area contributed by atoms with E-state index in [0.717, 1.165) is 29.9 Å². The average molecular weight is 285 g/mol. The second-order valence-electron chi connectivity index (χ2n) is 6.12. The molecule has 0 radical (unpaired) electrons. The second-order valence-corrected chi connectivity index (χ2v) is 6.12. The summed E-state index contributed by atoms with van der Waals surface area (Å²) in [4.78, 5) is 17.1. The fourth-order valence-electron chi connectivity index (χ4n) is 3.26. The Balaban J connectivity index is 1.84. The maximum absolute atomic E-state index is 12.6. The smallest absolute Gasteiger partial charge is 0.255 e. The Bertz CT molecular complexity index is 651. The Kier molecular flexibility index (Phi) is 3.95. The zero-order valence-electron chi connectivity index (χ0n) is 12.9. The molecule has 1 fully saturated rings. The zero-order chi connectivity index (χ0) is 14.8. The number of hydrogen-bond acceptors (Lipinski definition) is 2. The summed E-state index contributed by atoms with van der Waals surface area (Å²) in [5.74, 6) is 0.0156. The molecule has 0 unspecified atom stereocenters. The van der Waals surface area contributed by atoms with Gasteiger partial charge in [-0.05, 0) is 38.8 Å². The van der Waals surface area contributed by atoms with Crippen LogP contribution in [-0.2, 0) is 0 Å². The molecule has 21 heavy (non-hydrogen) atoms. The highest BCUT2D eigenvalue weighted by Gasteiger charge is 2.19. The summed E-state index contributed by atoms with van der Waals surface area (Å²) in [6.07, 6.45) is 9.16. The van der Waals surface area contributed by atoms with Gasteiger partial charge in [-0.1, -0.05) is 25.7 Å². The van der Waals surface area contributed by atoms with Crippen molar-refractivity contribution in [1.29, 1.82) is 0 Å². The van der Waals surface area contributed by atoms with Crippen LogP contribution >= 0.6 is 0 Å². The normalized spacial score (nSPS) is 16.9. The highest BCUT2D eigenvalue weighted by atomic mass is 16.1. The predicted molar refractivity (Wildman–Crippen MR) is 83.6 cm³/mol. The van der Waals surface area contributed by atoms with Crippen LogP contribution in [0.25, 0.3) is 5.65 Å². The van der Waals surface area contributed by atoms with Crippen LogP contribution in [0.5, 0.6) is 0 Å². The minimum absolute atomic E-state index is 0.0156. The van der Waals surface area contributed by atoms with Gasteiger partial charge in [-0.25, -0.2) is 4.98 Å². The van der Waals surface area contributed by atoms with E-state index in [0.29, 0.717) is 11.6 Å². The number of aromatic nitrogens is 2. The molecule has 0 atom stereocenters. The molecular formula is C17H23N3O. The van der Waals surface area contributed by atoms with Crippen molar-refractivity contribution in [1.82, 2.24) is 14.7 Å².